The molecule has 2 heterocycles. The Balaban J connectivity index is 1.54. The van der Waals surface area contributed by atoms with Gasteiger partial charge in [0, 0.05) is 32.7 Å². The number of nitriles is 1. The number of hydrogen-bond donors (Lipinski definition) is 1. The average Bonchev–Trinajstić information content (AvgIpc) is 2.89. The average molecular weight is 459 g/mol. The fraction of sp³-hybridized carbons (Fsp3) is 0.385. The van der Waals surface area contributed by atoms with Crippen molar-refractivity contribution in [3.05, 3.63) is 59.8 Å². The predicted molar refractivity (Wildman–Crippen MR) is 132 cm³/mol. The molecular formula is C26H30N6O2. The van der Waals surface area contributed by atoms with Gasteiger partial charge in [0.15, 0.2) is 11.7 Å². The largest absolute Gasteiger partial charge is 0.497 e. The van der Waals surface area contributed by atoms with Crippen molar-refractivity contribution in [1.82, 2.24) is 20.2 Å². The van der Waals surface area contributed by atoms with E-state index in [1.54, 1.807) is 7.11 Å². The Bertz CT molecular complexity index is 1170. The maximum Gasteiger partial charge on any atom is 0.243 e. The zero-order valence-corrected chi connectivity index (χ0v) is 19.7. The third-order valence-corrected chi connectivity index (χ3v) is 6.23. The van der Waals surface area contributed by atoms with Gasteiger partial charge in [-0.25, -0.2) is 9.97 Å². The molecule has 0 radical (unpaired) electrons. The van der Waals surface area contributed by atoms with Gasteiger partial charge in [0.25, 0.3) is 0 Å². The van der Waals surface area contributed by atoms with Gasteiger partial charge >= 0.3 is 0 Å². The molecule has 1 atom stereocenters. The Labute approximate surface area is 200 Å². The van der Waals surface area contributed by atoms with Crippen LogP contribution in [0.15, 0.2) is 48.5 Å². The molecule has 1 aromatic heterocycles. The molecule has 0 spiro atoms. The number of carbonyl (C=O) groups excluding carboxylic acids is 1. The van der Waals surface area contributed by atoms with Gasteiger partial charge < -0.3 is 19.9 Å². The van der Waals surface area contributed by atoms with Crippen LogP contribution in [0.5, 0.6) is 5.75 Å². The molecule has 1 fully saturated rings. The molecule has 0 unspecified atom stereocenters. The van der Waals surface area contributed by atoms with E-state index in [0.717, 1.165) is 49.6 Å². The number of carbonyl (C=O) groups is 1. The first-order chi connectivity index (χ1) is 16.6. The molecule has 8 nitrogen and oxygen atoms in total. The molecular weight excluding hydrogens is 428 g/mol. The summed E-state index contributed by atoms with van der Waals surface area (Å²) < 4.78 is 5.19. The highest BCUT2D eigenvalue weighted by atomic mass is 16.5. The second-order valence-electron chi connectivity index (χ2n) is 8.29. The highest BCUT2D eigenvalue weighted by molar-refractivity contribution is 5.88. The second kappa shape index (κ2) is 10.9. The van der Waals surface area contributed by atoms with Crippen LogP contribution in [0.3, 0.4) is 0 Å². The fourth-order valence-corrected chi connectivity index (χ4v) is 4.17. The fourth-order valence-electron chi connectivity index (χ4n) is 4.17. The Morgan fingerprint density at radius 2 is 1.76 bits per heavy atom. The highest BCUT2D eigenvalue weighted by Crippen LogP contribution is 2.28. The zero-order valence-electron chi connectivity index (χ0n) is 19.7. The SMILES string of the molecule is CCN1CCN(c2nc3ccccc3nc2[C@@H](C#N)C(=O)NCCc2ccc(OC)cc2)CC1. The van der Waals surface area contributed by atoms with Crippen LogP contribution in [0, 0.1) is 11.3 Å². The number of benzene rings is 2. The lowest BCUT2D eigenvalue weighted by molar-refractivity contribution is -0.121. The second-order valence-corrected chi connectivity index (χ2v) is 8.29. The van der Waals surface area contributed by atoms with Crippen LogP contribution in [-0.2, 0) is 11.2 Å². The van der Waals surface area contributed by atoms with Crippen molar-refractivity contribution in [3.63, 3.8) is 0 Å². The minimum Gasteiger partial charge on any atom is -0.497 e. The number of piperazine rings is 1. The number of nitrogens with one attached hydrogen (secondary N) is 1. The van der Waals surface area contributed by atoms with Crippen LogP contribution in [-0.4, -0.2) is 67.2 Å². The van der Waals surface area contributed by atoms with Gasteiger partial charge in [-0.2, -0.15) is 5.26 Å². The number of likely N-dealkylation sites (N-methyl/N-ethyl adjacent to an activating group) is 1. The summed E-state index contributed by atoms with van der Waals surface area (Å²) in [5, 5.41) is 12.9. The van der Waals surface area contributed by atoms with Crippen molar-refractivity contribution in [2.24, 2.45) is 0 Å². The van der Waals surface area contributed by atoms with Gasteiger partial charge in [-0.3, -0.25) is 4.79 Å². The minimum atomic E-state index is -1.04. The number of hydrogen-bond acceptors (Lipinski definition) is 7. The number of fused-ring (bicyclic) bond motifs is 1. The van der Waals surface area contributed by atoms with Crippen molar-refractivity contribution in [2.45, 2.75) is 19.3 Å². The monoisotopic (exact) mass is 458 g/mol. The van der Waals surface area contributed by atoms with Gasteiger partial charge in [-0.15, -0.1) is 0 Å². The lowest BCUT2D eigenvalue weighted by atomic mass is 10.0. The summed E-state index contributed by atoms with van der Waals surface area (Å²) >= 11 is 0. The van der Waals surface area contributed by atoms with Crippen LogP contribution in [0.4, 0.5) is 5.82 Å². The summed E-state index contributed by atoms with van der Waals surface area (Å²) in [7, 11) is 1.63. The molecule has 1 aliphatic heterocycles. The Hall–Kier alpha value is -3.70. The first-order valence-electron chi connectivity index (χ1n) is 11.7. The smallest absolute Gasteiger partial charge is 0.243 e. The van der Waals surface area contributed by atoms with Crippen molar-refractivity contribution in [3.8, 4) is 11.8 Å². The molecule has 34 heavy (non-hydrogen) atoms. The van der Waals surface area contributed by atoms with E-state index in [-0.39, 0.29) is 5.91 Å². The molecule has 1 aliphatic rings. The van der Waals surface area contributed by atoms with E-state index in [1.165, 1.54) is 0 Å². The van der Waals surface area contributed by atoms with Crippen molar-refractivity contribution >= 4 is 22.8 Å². The molecule has 1 saturated heterocycles. The molecule has 3 aromatic rings. The normalized spacial score (nSPS) is 15.0. The summed E-state index contributed by atoms with van der Waals surface area (Å²) in [5.41, 5.74) is 2.94. The summed E-state index contributed by atoms with van der Waals surface area (Å²) in [4.78, 5) is 27.2. The number of aromatic nitrogens is 2. The summed E-state index contributed by atoms with van der Waals surface area (Å²) in [6.07, 6.45) is 0.656. The molecule has 4 rings (SSSR count). The number of rotatable bonds is 8. The molecule has 1 amide bonds. The van der Waals surface area contributed by atoms with Gasteiger partial charge in [0.1, 0.15) is 11.4 Å². The Morgan fingerprint density at radius 1 is 1.09 bits per heavy atom. The number of ether oxygens (including phenoxy) is 1. The first kappa shape index (κ1) is 23.5. The van der Waals surface area contributed by atoms with Crippen LogP contribution in [0.1, 0.15) is 24.1 Å². The van der Waals surface area contributed by atoms with E-state index in [1.807, 2.05) is 48.5 Å². The predicted octanol–water partition coefficient (Wildman–Crippen LogP) is 2.75. The van der Waals surface area contributed by atoms with Crippen LogP contribution in [0.25, 0.3) is 11.0 Å². The van der Waals surface area contributed by atoms with Crippen molar-refractivity contribution < 1.29 is 9.53 Å². The molecule has 0 saturated carbocycles. The molecule has 1 N–H and O–H groups in total. The van der Waals surface area contributed by atoms with Crippen molar-refractivity contribution in [1.29, 1.82) is 5.26 Å². The molecule has 2 aromatic carbocycles. The summed E-state index contributed by atoms with van der Waals surface area (Å²) in [6, 6.07) is 17.5. The van der Waals surface area contributed by atoms with Gasteiger partial charge in [0.05, 0.1) is 24.2 Å². The van der Waals surface area contributed by atoms with E-state index in [2.05, 4.69) is 28.1 Å². The topological polar surface area (TPSA) is 94.4 Å². The number of amides is 1. The van der Waals surface area contributed by atoms with E-state index in [0.29, 0.717) is 30.0 Å². The standard InChI is InChI=1S/C26H30N6O2/c1-3-31-14-16-32(17-15-31)25-24(29-22-6-4-5-7-23(22)30-25)21(18-27)26(33)28-13-12-19-8-10-20(34-2)11-9-19/h4-11,21H,3,12-17H2,1-2H3,(H,28,33)/t21-/m1/s1. The Morgan fingerprint density at radius 3 is 2.38 bits per heavy atom. The van der Waals surface area contributed by atoms with E-state index in [9.17, 15) is 10.1 Å². The number of para-hydroxylation sites is 2. The summed E-state index contributed by atoms with van der Waals surface area (Å²) in [6.45, 7) is 6.97. The minimum absolute atomic E-state index is 0.353. The molecule has 8 heteroatoms. The van der Waals surface area contributed by atoms with Crippen LogP contribution in [0.2, 0.25) is 0 Å². The third-order valence-electron chi connectivity index (χ3n) is 6.23. The van der Waals surface area contributed by atoms with Crippen LogP contribution < -0.4 is 15.0 Å². The van der Waals surface area contributed by atoms with Crippen LogP contribution >= 0.6 is 0 Å². The van der Waals surface area contributed by atoms with Gasteiger partial charge in [-0.05, 0) is 42.8 Å². The van der Waals surface area contributed by atoms with E-state index in [4.69, 9.17) is 14.7 Å². The number of nitrogens with zero attached hydrogens (tertiary/aromatic N) is 5. The maximum absolute atomic E-state index is 13.1. The Kier molecular flexibility index (Phi) is 7.55. The van der Waals surface area contributed by atoms with E-state index < -0.39 is 5.92 Å². The van der Waals surface area contributed by atoms with Crippen molar-refractivity contribution in [2.75, 3.05) is 51.3 Å². The molecule has 176 valence electrons. The lowest BCUT2D eigenvalue weighted by Crippen LogP contribution is -2.47. The maximum atomic E-state index is 13.1. The molecule has 0 bridgehead atoms. The number of anilines is 1. The third kappa shape index (κ3) is 5.26. The lowest BCUT2D eigenvalue weighted by Gasteiger charge is -2.35. The number of methoxy groups -OCH3 is 1. The quantitative estimate of drug-likeness (QED) is 0.555. The first-order valence-corrected chi connectivity index (χ1v) is 11.7. The summed E-state index contributed by atoms with van der Waals surface area (Å²) in [5.74, 6) is 0.0343. The molecule has 0 aliphatic carbocycles. The van der Waals surface area contributed by atoms with E-state index >= 15 is 0 Å². The highest BCUT2D eigenvalue weighted by Gasteiger charge is 2.29. The zero-order chi connectivity index (χ0) is 23.9. The van der Waals surface area contributed by atoms with Gasteiger partial charge in [0.2, 0.25) is 5.91 Å². The van der Waals surface area contributed by atoms with Gasteiger partial charge in [-0.1, -0.05) is 31.2 Å².